The summed E-state index contributed by atoms with van der Waals surface area (Å²) in [4.78, 5) is 28.0. The summed E-state index contributed by atoms with van der Waals surface area (Å²) in [5.41, 5.74) is 5.90. The van der Waals surface area contributed by atoms with Crippen molar-refractivity contribution in [1.82, 2.24) is 9.80 Å². The largest absolute Gasteiger partial charge is 0.390 e. The van der Waals surface area contributed by atoms with Crippen LogP contribution in [-0.4, -0.2) is 90.2 Å². The highest BCUT2D eigenvalue weighted by molar-refractivity contribution is 5.76. The molecule has 2 spiro atoms. The Bertz CT molecular complexity index is 1610. The molecule has 0 bridgehead atoms. The first-order valence-electron chi connectivity index (χ1n) is 20.3. The molecule has 2 aliphatic heterocycles. The summed E-state index contributed by atoms with van der Waals surface area (Å²) in [6.07, 6.45) is 7.01. The molecule has 13 atom stereocenters. The van der Waals surface area contributed by atoms with E-state index in [0.29, 0.717) is 43.6 Å². The molecule has 8 rings (SSSR count). The molecule has 2 heterocycles. The molecule has 2 saturated heterocycles. The van der Waals surface area contributed by atoms with Gasteiger partial charge in [-0.1, -0.05) is 34.6 Å². The smallest absolute Gasteiger partial charge is 0.231 e. The second-order valence-corrected chi connectivity index (χ2v) is 19.4. The summed E-state index contributed by atoms with van der Waals surface area (Å²) >= 11 is 0. The van der Waals surface area contributed by atoms with Gasteiger partial charge in [0, 0.05) is 38.0 Å². The number of rotatable bonds is 8. The topological polar surface area (TPSA) is 115 Å². The van der Waals surface area contributed by atoms with Crippen LogP contribution < -0.4 is 5.73 Å². The molecule has 6 unspecified atom stereocenters. The second kappa shape index (κ2) is 12.9. The fourth-order valence-corrected chi connectivity index (χ4v) is 14.5. The fraction of sp³-hybridized carbons (Fsp3) is 0.810. The van der Waals surface area contributed by atoms with E-state index in [1.54, 1.807) is 4.90 Å². The number of primary amides is 1. The van der Waals surface area contributed by atoms with Crippen LogP contribution in [0.1, 0.15) is 98.5 Å². The molecular weight excluding hydrogens is 680 g/mol. The number of benzene rings is 1. The SMILES string of the molecule is CC(=O)N(Cc1cc(F)cc(F)c1)CC1C[C@@H](C)[C@H]2C(O1)[C@H](O)[C@@]1(C)C3CCC4C(C)(C)[C@@H](OC5CN(CC(N)=O)CCO5)CC[C@@]45CC35CC[C@]21C. The van der Waals surface area contributed by atoms with Gasteiger partial charge in [0.1, 0.15) is 11.6 Å². The first kappa shape index (κ1) is 37.7. The number of aliphatic hydroxyl groups excluding tert-OH is 1. The number of nitrogens with zero attached hydrogens (tertiary/aromatic N) is 2. The van der Waals surface area contributed by atoms with Crippen LogP contribution in [0, 0.1) is 62.4 Å². The fourth-order valence-electron chi connectivity index (χ4n) is 14.5. The zero-order valence-electron chi connectivity index (χ0n) is 32.5. The highest BCUT2D eigenvalue weighted by Gasteiger charge is 2.84. The Morgan fingerprint density at radius 2 is 1.74 bits per heavy atom. The third kappa shape index (κ3) is 5.66. The Labute approximate surface area is 313 Å². The molecule has 53 heavy (non-hydrogen) atoms. The van der Waals surface area contributed by atoms with Crippen LogP contribution in [0.2, 0.25) is 0 Å². The highest BCUT2D eigenvalue weighted by Crippen LogP contribution is 2.89. The normalized spacial score (nSPS) is 45.6. The molecule has 294 valence electrons. The first-order valence-corrected chi connectivity index (χ1v) is 20.3. The van der Waals surface area contributed by atoms with Crippen LogP contribution in [0.3, 0.4) is 0 Å². The quantitative estimate of drug-likeness (QED) is 0.354. The molecule has 1 aromatic carbocycles. The molecule has 5 aliphatic carbocycles. The maximum Gasteiger partial charge on any atom is 0.231 e. The van der Waals surface area contributed by atoms with Crippen LogP contribution >= 0.6 is 0 Å². The standard InChI is InChI=1S/C42H61F2N3O6/c1-24-15-29(20-47(25(2)48)19-26-16-27(43)18-28(44)17-26)52-36-35(24)39(5)11-12-42-23-41(42)10-9-32(53-34-22-46(13-14-51-34)21-33(45)49)38(3,4)30(41)7-8-31(42)40(39,6)37(36)50/h16-18,24,29-32,34-37,50H,7-15,19-23H2,1-6H3,(H2,45,49)/t24-,29?,30?,31?,32+,34?,35+,36?,37+,39-,40-,41-,42?/m1/s1. The Morgan fingerprint density at radius 1 is 1.04 bits per heavy atom. The predicted molar refractivity (Wildman–Crippen MR) is 194 cm³/mol. The van der Waals surface area contributed by atoms with Crippen LogP contribution in [0.25, 0.3) is 0 Å². The minimum absolute atomic E-state index is 0.0449. The van der Waals surface area contributed by atoms with Gasteiger partial charge in [-0.25, -0.2) is 8.78 Å². The number of hydrogen-bond donors (Lipinski definition) is 2. The van der Waals surface area contributed by atoms with Gasteiger partial charge in [0.15, 0.2) is 6.29 Å². The van der Waals surface area contributed by atoms with E-state index in [4.69, 9.17) is 19.9 Å². The average molecular weight is 742 g/mol. The number of ether oxygens (including phenoxy) is 3. The van der Waals surface area contributed by atoms with E-state index < -0.39 is 17.7 Å². The number of nitrogens with two attached hydrogens (primary N) is 1. The Balaban J connectivity index is 0.991. The molecule has 7 aliphatic rings. The third-order valence-electron chi connectivity index (χ3n) is 16.8. The van der Waals surface area contributed by atoms with E-state index in [1.165, 1.54) is 31.9 Å². The molecule has 2 amide bonds. The van der Waals surface area contributed by atoms with Crippen molar-refractivity contribution in [2.45, 2.75) is 130 Å². The van der Waals surface area contributed by atoms with E-state index in [2.05, 4.69) is 34.6 Å². The van der Waals surface area contributed by atoms with Gasteiger partial charge in [-0.3, -0.25) is 14.5 Å². The average Bonchev–Trinajstić information content (AvgIpc) is 3.70. The molecule has 1 aromatic rings. The minimum Gasteiger partial charge on any atom is -0.390 e. The van der Waals surface area contributed by atoms with Gasteiger partial charge in [-0.05, 0) is 114 Å². The van der Waals surface area contributed by atoms with Crippen LogP contribution in [0.5, 0.6) is 0 Å². The van der Waals surface area contributed by atoms with Crippen molar-refractivity contribution in [1.29, 1.82) is 0 Å². The summed E-state index contributed by atoms with van der Waals surface area (Å²) < 4.78 is 47.7. The van der Waals surface area contributed by atoms with Crippen LogP contribution in [0.15, 0.2) is 18.2 Å². The number of fused-ring (bicyclic) bond motifs is 4. The van der Waals surface area contributed by atoms with E-state index in [9.17, 15) is 23.5 Å². The van der Waals surface area contributed by atoms with Gasteiger partial charge in [0.05, 0.1) is 44.1 Å². The first-order chi connectivity index (χ1) is 24.9. The molecule has 7 fully saturated rings. The number of carbonyl (C=O) groups excluding carboxylic acids is 2. The molecular formula is C42H61F2N3O6. The summed E-state index contributed by atoms with van der Waals surface area (Å²) in [6.45, 7) is 15.8. The van der Waals surface area contributed by atoms with Crippen molar-refractivity contribution < 1.29 is 37.7 Å². The van der Waals surface area contributed by atoms with Crippen LogP contribution in [-0.2, 0) is 30.3 Å². The molecule has 3 N–H and O–H groups in total. The number of hydrogen-bond acceptors (Lipinski definition) is 7. The molecule has 9 nitrogen and oxygen atoms in total. The van der Waals surface area contributed by atoms with Crippen molar-refractivity contribution in [3.63, 3.8) is 0 Å². The number of aliphatic hydroxyl groups is 1. The van der Waals surface area contributed by atoms with E-state index in [-0.39, 0.29) is 88.4 Å². The molecule has 11 heteroatoms. The van der Waals surface area contributed by atoms with E-state index >= 15 is 0 Å². The van der Waals surface area contributed by atoms with Gasteiger partial charge in [-0.15, -0.1) is 0 Å². The molecule has 0 radical (unpaired) electrons. The maximum absolute atomic E-state index is 14.0. The molecule has 0 aromatic heterocycles. The van der Waals surface area contributed by atoms with Crippen molar-refractivity contribution in [3.05, 3.63) is 35.4 Å². The van der Waals surface area contributed by atoms with Gasteiger partial charge in [0.2, 0.25) is 11.8 Å². The van der Waals surface area contributed by atoms with Crippen molar-refractivity contribution in [3.8, 4) is 0 Å². The zero-order chi connectivity index (χ0) is 37.9. The van der Waals surface area contributed by atoms with Gasteiger partial charge in [-0.2, -0.15) is 0 Å². The number of halogens is 2. The lowest BCUT2D eigenvalue weighted by Crippen LogP contribution is -2.60. The number of carbonyl (C=O) groups is 2. The van der Waals surface area contributed by atoms with E-state index in [1.807, 2.05) is 4.90 Å². The van der Waals surface area contributed by atoms with Crippen LogP contribution in [0.4, 0.5) is 8.78 Å². The minimum atomic E-state index is -0.662. The summed E-state index contributed by atoms with van der Waals surface area (Å²) in [6, 6.07) is 3.39. The highest BCUT2D eigenvalue weighted by atomic mass is 19.1. The second-order valence-electron chi connectivity index (χ2n) is 19.4. The number of morpholine rings is 1. The lowest BCUT2D eigenvalue weighted by molar-refractivity contribution is -0.248. The van der Waals surface area contributed by atoms with Crippen molar-refractivity contribution >= 4 is 11.8 Å². The lowest BCUT2D eigenvalue weighted by atomic mass is 9.41. The Morgan fingerprint density at radius 3 is 2.43 bits per heavy atom. The summed E-state index contributed by atoms with van der Waals surface area (Å²) in [7, 11) is 0. The van der Waals surface area contributed by atoms with E-state index in [0.717, 1.165) is 44.6 Å². The Hall–Kier alpha value is -2.18. The van der Waals surface area contributed by atoms with Gasteiger partial charge in [0.25, 0.3) is 0 Å². The predicted octanol–water partition coefficient (Wildman–Crippen LogP) is 5.66. The maximum atomic E-state index is 14.0. The van der Waals surface area contributed by atoms with Crippen molar-refractivity contribution in [2.75, 3.05) is 32.8 Å². The monoisotopic (exact) mass is 741 g/mol. The summed E-state index contributed by atoms with van der Waals surface area (Å²) in [5.74, 6) is -0.424. The Kier molecular flexibility index (Phi) is 9.21. The number of amides is 2. The third-order valence-corrected chi connectivity index (χ3v) is 16.8. The summed E-state index contributed by atoms with van der Waals surface area (Å²) in [5, 5.41) is 12.6. The van der Waals surface area contributed by atoms with Crippen molar-refractivity contribution in [2.24, 2.45) is 56.5 Å². The zero-order valence-corrected chi connectivity index (χ0v) is 32.5. The molecule has 5 saturated carbocycles. The van der Waals surface area contributed by atoms with Gasteiger partial charge < -0.3 is 30.0 Å². The van der Waals surface area contributed by atoms with Gasteiger partial charge >= 0.3 is 0 Å². The lowest BCUT2D eigenvalue weighted by Gasteiger charge is -2.64.